The standard InChI is InChI=1S/C16H16BrN5O3S/c1-20-13-12(14(24)22(3)16(25)21(13)2)19-15(20)26-8-11(23)18-10-6-4-9(17)5-7-10/h4-7H,8H2,1-3H3,(H,18,23). The van der Waals surface area contributed by atoms with Crippen LogP contribution >= 0.6 is 27.7 Å². The second kappa shape index (κ2) is 7.12. The van der Waals surface area contributed by atoms with Crippen LogP contribution in [0.1, 0.15) is 0 Å². The van der Waals surface area contributed by atoms with Gasteiger partial charge in [0, 0.05) is 31.3 Å². The van der Waals surface area contributed by atoms with Crippen LogP contribution in [0.15, 0.2) is 43.5 Å². The molecule has 0 atom stereocenters. The Bertz CT molecular complexity index is 1110. The molecule has 0 aliphatic heterocycles. The highest BCUT2D eigenvalue weighted by Crippen LogP contribution is 2.21. The van der Waals surface area contributed by atoms with E-state index >= 15 is 0 Å². The largest absolute Gasteiger partial charge is 0.332 e. The van der Waals surface area contributed by atoms with Crippen LogP contribution in [0.25, 0.3) is 11.2 Å². The van der Waals surface area contributed by atoms with E-state index in [0.717, 1.165) is 9.04 Å². The van der Waals surface area contributed by atoms with Crippen LogP contribution in [-0.4, -0.2) is 30.3 Å². The summed E-state index contributed by atoms with van der Waals surface area (Å²) in [4.78, 5) is 40.8. The Balaban J connectivity index is 1.82. The van der Waals surface area contributed by atoms with E-state index in [1.54, 1.807) is 30.8 Å². The molecule has 10 heteroatoms. The molecule has 0 fully saturated rings. The van der Waals surface area contributed by atoms with Crippen molar-refractivity contribution in [3.05, 3.63) is 49.6 Å². The molecule has 2 aromatic heterocycles. The van der Waals surface area contributed by atoms with Crippen LogP contribution in [0.2, 0.25) is 0 Å². The fourth-order valence-corrected chi connectivity index (χ4v) is 3.58. The number of benzene rings is 1. The first-order valence-electron chi connectivity index (χ1n) is 7.60. The molecule has 1 aromatic carbocycles. The van der Waals surface area contributed by atoms with Gasteiger partial charge in [-0.2, -0.15) is 0 Å². The van der Waals surface area contributed by atoms with Crippen LogP contribution in [0.4, 0.5) is 5.69 Å². The van der Waals surface area contributed by atoms with Crippen LogP contribution in [0, 0.1) is 0 Å². The lowest BCUT2D eigenvalue weighted by Gasteiger charge is -2.07. The molecule has 0 aliphatic carbocycles. The Morgan fingerprint density at radius 2 is 1.77 bits per heavy atom. The van der Waals surface area contributed by atoms with E-state index in [1.807, 2.05) is 12.1 Å². The van der Waals surface area contributed by atoms with Crippen molar-refractivity contribution in [1.82, 2.24) is 18.7 Å². The number of aryl methyl sites for hydroxylation is 2. The van der Waals surface area contributed by atoms with Gasteiger partial charge in [0.2, 0.25) is 5.91 Å². The fraction of sp³-hybridized carbons (Fsp3) is 0.250. The lowest BCUT2D eigenvalue weighted by Crippen LogP contribution is -2.37. The molecule has 0 aliphatic rings. The Hall–Kier alpha value is -2.33. The highest BCUT2D eigenvalue weighted by atomic mass is 79.9. The van der Waals surface area contributed by atoms with E-state index in [1.165, 1.54) is 23.4 Å². The van der Waals surface area contributed by atoms with Crippen molar-refractivity contribution in [2.45, 2.75) is 5.16 Å². The van der Waals surface area contributed by atoms with Crippen molar-refractivity contribution >= 4 is 50.5 Å². The van der Waals surface area contributed by atoms with Crippen molar-refractivity contribution in [2.75, 3.05) is 11.1 Å². The molecule has 3 aromatic rings. The number of nitrogens with zero attached hydrogens (tertiary/aromatic N) is 4. The van der Waals surface area contributed by atoms with Crippen molar-refractivity contribution < 1.29 is 4.79 Å². The smallest absolute Gasteiger partial charge is 0.325 e. The molecular weight excluding hydrogens is 422 g/mol. The number of rotatable bonds is 4. The number of anilines is 1. The monoisotopic (exact) mass is 437 g/mol. The topological polar surface area (TPSA) is 90.9 Å². The van der Waals surface area contributed by atoms with E-state index < -0.39 is 11.2 Å². The van der Waals surface area contributed by atoms with E-state index in [-0.39, 0.29) is 17.2 Å². The fourth-order valence-electron chi connectivity index (χ4n) is 2.55. The number of imidazole rings is 1. The highest BCUT2D eigenvalue weighted by Gasteiger charge is 2.17. The summed E-state index contributed by atoms with van der Waals surface area (Å²) >= 11 is 4.54. The third-order valence-corrected chi connectivity index (χ3v) is 5.44. The molecule has 0 bridgehead atoms. The molecule has 0 radical (unpaired) electrons. The number of hydrogen-bond donors (Lipinski definition) is 1. The number of hydrogen-bond acceptors (Lipinski definition) is 5. The summed E-state index contributed by atoms with van der Waals surface area (Å²) < 4.78 is 4.96. The van der Waals surface area contributed by atoms with Crippen molar-refractivity contribution in [3.8, 4) is 0 Å². The number of fused-ring (bicyclic) bond motifs is 1. The van der Waals surface area contributed by atoms with Crippen molar-refractivity contribution in [1.29, 1.82) is 0 Å². The number of carbonyl (C=O) groups is 1. The highest BCUT2D eigenvalue weighted by molar-refractivity contribution is 9.10. The quantitative estimate of drug-likeness (QED) is 0.623. The Morgan fingerprint density at radius 3 is 2.42 bits per heavy atom. The summed E-state index contributed by atoms with van der Waals surface area (Å²) in [7, 11) is 4.71. The third kappa shape index (κ3) is 3.34. The molecule has 26 heavy (non-hydrogen) atoms. The molecule has 3 rings (SSSR count). The summed E-state index contributed by atoms with van der Waals surface area (Å²) in [5.41, 5.74) is 0.446. The van der Waals surface area contributed by atoms with Gasteiger partial charge in [0.1, 0.15) is 0 Å². The minimum absolute atomic E-state index is 0.126. The second-order valence-corrected chi connectivity index (χ2v) is 7.53. The molecule has 2 heterocycles. The van der Waals surface area contributed by atoms with Crippen molar-refractivity contribution in [3.63, 3.8) is 0 Å². The average molecular weight is 438 g/mol. The van der Waals surface area contributed by atoms with Gasteiger partial charge in [-0.3, -0.25) is 18.7 Å². The van der Waals surface area contributed by atoms with Crippen LogP contribution in [-0.2, 0) is 25.9 Å². The summed E-state index contributed by atoms with van der Waals surface area (Å²) in [6, 6.07) is 7.26. The van der Waals surface area contributed by atoms with Gasteiger partial charge < -0.3 is 9.88 Å². The molecule has 1 amide bonds. The van der Waals surface area contributed by atoms with Gasteiger partial charge in [-0.25, -0.2) is 9.78 Å². The van der Waals surface area contributed by atoms with Crippen LogP contribution in [0.5, 0.6) is 0 Å². The van der Waals surface area contributed by atoms with Gasteiger partial charge >= 0.3 is 5.69 Å². The Labute approximate surface area is 161 Å². The van der Waals surface area contributed by atoms with Gasteiger partial charge in [0.25, 0.3) is 5.56 Å². The SMILES string of the molecule is Cn1c(=O)c2nc(SCC(=O)Nc3ccc(Br)cc3)n(C)c2n(C)c1=O. The third-order valence-electron chi connectivity index (χ3n) is 3.88. The van der Waals surface area contributed by atoms with Crippen LogP contribution in [0.3, 0.4) is 0 Å². The molecule has 0 unspecified atom stereocenters. The van der Waals surface area contributed by atoms with Crippen molar-refractivity contribution in [2.24, 2.45) is 21.1 Å². The van der Waals surface area contributed by atoms with Gasteiger partial charge in [0.15, 0.2) is 16.3 Å². The zero-order valence-electron chi connectivity index (χ0n) is 14.3. The summed E-state index contributed by atoms with van der Waals surface area (Å²) in [5.74, 6) is -0.0623. The van der Waals surface area contributed by atoms with Crippen LogP contribution < -0.4 is 16.6 Å². The maximum atomic E-state index is 12.3. The molecule has 8 nitrogen and oxygen atoms in total. The second-order valence-electron chi connectivity index (χ2n) is 5.68. The summed E-state index contributed by atoms with van der Waals surface area (Å²) in [6.45, 7) is 0. The molecule has 136 valence electrons. The van der Waals surface area contributed by atoms with Gasteiger partial charge in [0.05, 0.1) is 5.75 Å². The summed E-state index contributed by atoms with van der Waals surface area (Å²) in [6.07, 6.45) is 0. The number of thioether (sulfide) groups is 1. The minimum Gasteiger partial charge on any atom is -0.325 e. The zero-order valence-corrected chi connectivity index (χ0v) is 16.7. The Morgan fingerprint density at radius 1 is 1.12 bits per heavy atom. The minimum atomic E-state index is -0.454. The van der Waals surface area contributed by atoms with Gasteiger partial charge in [-0.05, 0) is 24.3 Å². The predicted molar refractivity (Wildman–Crippen MR) is 105 cm³/mol. The molecular formula is C16H16BrN5O3S. The summed E-state index contributed by atoms with van der Waals surface area (Å²) in [5, 5.41) is 3.28. The number of nitrogens with one attached hydrogen (secondary N) is 1. The number of halogens is 1. The maximum Gasteiger partial charge on any atom is 0.332 e. The lowest BCUT2D eigenvalue weighted by molar-refractivity contribution is -0.113. The van der Waals surface area contributed by atoms with E-state index in [0.29, 0.717) is 16.5 Å². The van der Waals surface area contributed by atoms with E-state index in [2.05, 4.69) is 26.2 Å². The first kappa shape index (κ1) is 18.5. The first-order valence-corrected chi connectivity index (χ1v) is 9.38. The zero-order chi connectivity index (χ0) is 19.0. The first-order chi connectivity index (χ1) is 12.3. The molecule has 0 spiro atoms. The Kier molecular flexibility index (Phi) is 5.05. The lowest BCUT2D eigenvalue weighted by atomic mass is 10.3. The average Bonchev–Trinajstić information content (AvgIpc) is 2.95. The predicted octanol–water partition coefficient (Wildman–Crippen LogP) is 1.46. The molecule has 1 N–H and O–H groups in total. The van der Waals surface area contributed by atoms with Gasteiger partial charge in [-0.1, -0.05) is 27.7 Å². The van der Waals surface area contributed by atoms with E-state index in [9.17, 15) is 14.4 Å². The molecule has 0 saturated heterocycles. The maximum absolute atomic E-state index is 12.3. The number of amides is 1. The number of aromatic nitrogens is 4. The van der Waals surface area contributed by atoms with E-state index in [4.69, 9.17) is 0 Å². The molecule has 0 saturated carbocycles. The number of carbonyl (C=O) groups excluding carboxylic acids is 1. The van der Waals surface area contributed by atoms with Gasteiger partial charge in [-0.15, -0.1) is 0 Å². The normalized spacial score (nSPS) is 11.1.